The maximum Gasteiger partial charge on any atom is 1.00 e. The Balaban J connectivity index is 0.00000196. The molecule has 0 radical (unpaired) electrons. The number of hydrogen-bond acceptors (Lipinski definition) is 5. The van der Waals surface area contributed by atoms with Crippen molar-refractivity contribution in [2.24, 2.45) is 17.2 Å². The number of sulfonamides is 1. The second kappa shape index (κ2) is 5.32. The van der Waals surface area contributed by atoms with Crippen LogP contribution < -0.4 is 39.5 Å². The second-order valence-electron chi connectivity index (χ2n) is 2.45. The van der Waals surface area contributed by atoms with Gasteiger partial charge in [-0.15, -0.1) is 5.10 Å². The largest absolute Gasteiger partial charge is 1.00 e. The van der Waals surface area contributed by atoms with Gasteiger partial charge in [0.05, 0.1) is 0 Å². The summed E-state index contributed by atoms with van der Waals surface area (Å²) in [4.78, 5) is 14.4. The predicted octanol–water partition coefficient (Wildman–Crippen LogP) is -4.42. The number of nitrogens with two attached hydrogens (primary N) is 1. The molecule has 0 bridgehead atoms. The molecular formula is C5H8N4NaO3S2+. The van der Waals surface area contributed by atoms with Gasteiger partial charge in [0, 0.05) is 14.0 Å². The molecule has 78 valence electrons. The van der Waals surface area contributed by atoms with E-state index in [4.69, 9.17) is 5.14 Å². The van der Waals surface area contributed by atoms with Crippen molar-refractivity contribution in [1.29, 1.82) is 0 Å². The third-order valence-corrected chi connectivity index (χ3v) is 3.49. The molecule has 0 aliphatic rings. The summed E-state index contributed by atoms with van der Waals surface area (Å²) in [6, 6.07) is 0. The van der Waals surface area contributed by atoms with Gasteiger partial charge < -0.3 is 0 Å². The summed E-state index contributed by atoms with van der Waals surface area (Å²) in [6.07, 6.45) is 0. The van der Waals surface area contributed by atoms with E-state index in [9.17, 15) is 13.2 Å². The molecule has 0 aliphatic carbocycles. The van der Waals surface area contributed by atoms with Crippen molar-refractivity contribution in [3.8, 4) is 0 Å². The van der Waals surface area contributed by atoms with Gasteiger partial charge in [-0.2, -0.15) is 4.99 Å². The molecule has 1 amide bonds. The smallest absolute Gasteiger partial charge is 0.273 e. The van der Waals surface area contributed by atoms with Crippen LogP contribution in [-0.2, 0) is 21.9 Å². The van der Waals surface area contributed by atoms with Gasteiger partial charge in [0.15, 0.2) is 0 Å². The molecule has 0 saturated heterocycles. The van der Waals surface area contributed by atoms with Gasteiger partial charge in [-0.25, -0.2) is 18.2 Å². The van der Waals surface area contributed by atoms with Gasteiger partial charge >= 0.3 is 29.6 Å². The number of aryl methyl sites for hydroxylation is 1. The first-order valence-electron chi connectivity index (χ1n) is 3.43. The summed E-state index contributed by atoms with van der Waals surface area (Å²) in [7, 11) is -2.35. The second-order valence-corrected chi connectivity index (χ2v) is 5.14. The maximum atomic E-state index is 10.9. The van der Waals surface area contributed by atoms with E-state index in [1.807, 2.05) is 0 Å². The average molecular weight is 259 g/mol. The minimum atomic E-state index is -3.83. The number of amides is 1. The molecule has 0 aromatic carbocycles. The molecule has 1 aromatic rings. The van der Waals surface area contributed by atoms with E-state index in [2.05, 4.69) is 10.1 Å². The SMILES string of the molecule is CC(=O)N=c1sc(S(N)(=O)=O)nn1C.[Na+]. The first-order valence-corrected chi connectivity index (χ1v) is 5.79. The molecule has 7 nitrogen and oxygen atoms in total. The van der Waals surface area contributed by atoms with E-state index < -0.39 is 15.9 Å². The Hall–Kier alpha value is -0.0600. The molecule has 1 rings (SSSR count). The molecule has 0 saturated carbocycles. The van der Waals surface area contributed by atoms with E-state index in [0.717, 1.165) is 11.3 Å². The summed E-state index contributed by atoms with van der Waals surface area (Å²) in [6.45, 7) is 1.26. The molecule has 0 unspecified atom stereocenters. The number of carbonyl (C=O) groups is 1. The normalized spacial score (nSPS) is 12.3. The van der Waals surface area contributed by atoms with Crippen LogP contribution in [0.15, 0.2) is 9.33 Å². The van der Waals surface area contributed by atoms with E-state index in [1.165, 1.54) is 18.7 Å². The Morgan fingerprint density at radius 2 is 2.13 bits per heavy atom. The summed E-state index contributed by atoms with van der Waals surface area (Å²) >= 11 is 0.746. The number of rotatable bonds is 1. The van der Waals surface area contributed by atoms with Crippen LogP contribution in [0.2, 0.25) is 0 Å². The number of nitrogens with zero attached hydrogens (tertiary/aromatic N) is 3. The minimum Gasteiger partial charge on any atom is -0.273 e. The van der Waals surface area contributed by atoms with Gasteiger partial charge in [0.25, 0.3) is 10.0 Å². The topological polar surface area (TPSA) is 107 Å². The zero-order chi connectivity index (χ0) is 10.9. The summed E-state index contributed by atoms with van der Waals surface area (Å²) < 4.78 is 22.7. The van der Waals surface area contributed by atoms with Crippen molar-refractivity contribution in [3.05, 3.63) is 4.80 Å². The van der Waals surface area contributed by atoms with E-state index in [1.54, 1.807) is 0 Å². The fourth-order valence-corrected chi connectivity index (χ4v) is 2.27. The molecule has 0 fully saturated rings. The fraction of sp³-hybridized carbons (Fsp3) is 0.400. The Kier molecular flexibility index (Phi) is 5.30. The Morgan fingerprint density at radius 3 is 2.47 bits per heavy atom. The van der Waals surface area contributed by atoms with Crippen LogP contribution in [-0.4, -0.2) is 24.1 Å². The van der Waals surface area contributed by atoms with Crippen LogP contribution in [0, 0.1) is 0 Å². The zero-order valence-corrected chi connectivity index (χ0v) is 12.1. The maximum absolute atomic E-state index is 10.9. The molecule has 0 spiro atoms. The van der Waals surface area contributed by atoms with Gasteiger partial charge in [-0.05, 0) is 0 Å². The third kappa shape index (κ3) is 4.13. The Bertz CT molecular complexity index is 529. The molecule has 0 aliphatic heterocycles. The number of hydrogen-bond donors (Lipinski definition) is 1. The van der Waals surface area contributed by atoms with Crippen LogP contribution in [0.3, 0.4) is 0 Å². The van der Waals surface area contributed by atoms with E-state index in [-0.39, 0.29) is 38.7 Å². The summed E-state index contributed by atoms with van der Waals surface area (Å²) in [5.41, 5.74) is 0. The van der Waals surface area contributed by atoms with Gasteiger partial charge in [0.2, 0.25) is 15.0 Å². The van der Waals surface area contributed by atoms with Crippen molar-refractivity contribution < 1.29 is 42.8 Å². The molecule has 1 aromatic heterocycles. The zero-order valence-electron chi connectivity index (χ0n) is 8.46. The van der Waals surface area contributed by atoms with Gasteiger partial charge in [0.1, 0.15) is 0 Å². The van der Waals surface area contributed by atoms with Crippen LogP contribution in [0.4, 0.5) is 0 Å². The molecule has 10 heteroatoms. The first kappa shape index (κ1) is 14.9. The molecule has 2 N–H and O–H groups in total. The monoisotopic (exact) mass is 259 g/mol. The predicted molar refractivity (Wildman–Crippen MR) is 48.7 cm³/mol. The van der Waals surface area contributed by atoms with Crippen molar-refractivity contribution in [3.63, 3.8) is 0 Å². The van der Waals surface area contributed by atoms with E-state index in [0.29, 0.717) is 0 Å². The summed E-state index contributed by atoms with van der Waals surface area (Å²) in [5.74, 6) is -0.426. The van der Waals surface area contributed by atoms with Gasteiger partial charge in [-0.1, -0.05) is 11.3 Å². The first-order chi connectivity index (χ1) is 6.30. The number of carbonyl (C=O) groups excluding carboxylic acids is 1. The van der Waals surface area contributed by atoms with Crippen LogP contribution in [0.5, 0.6) is 0 Å². The van der Waals surface area contributed by atoms with Crippen molar-refractivity contribution in [1.82, 2.24) is 9.78 Å². The Labute approximate surface area is 112 Å². The summed E-state index contributed by atoms with van der Waals surface area (Å²) in [5, 5.41) is 8.46. The van der Waals surface area contributed by atoms with Crippen molar-refractivity contribution >= 4 is 27.3 Å². The molecule has 0 atom stereocenters. The number of aromatic nitrogens is 2. The minimum absolute atomic E-state index is 0. The molecule has 1 heterocycles. The van der Waals surface area contributed by atoms with Crippen LogP contribution >= 0.6 is 11.3 Å². The van der Waals surface area contributed by atoms with Crippen molar-refractivity contribution in [2.75, 3.05) is 0 Å². The van der Waals surface area contributed by atoms with Crippen LogP contribution in [0.1, 0.15) is 6.92 Å². The number of primary sulfonamides is 1. The van der Waals surface area contributed by atoms with Crippen molar-refractivity contribution in [2.45, 2.75) is 11.3 Å². The Morgan fingerprint density at radius 1 is 1.60 bits per heavy atom. The quantitative estimate of drug-likeness (QED) is 0.513. The van der Waals surface area contributed by atoms with Crippen LogP contribution in [0.25, 0.3) is 0 Å². The third-order valence-electron chi connectivity index (χ3n) is 1.18. The molecular weight excluding hydrogens is 251 g/mol. The van der Waals surface area contributed by atoms with E-state index >= 15 is 0 Å². The fourth-order valence-electron chi connectivity index (χ4n) is 0.675. The average Bonchev–Trinajstić information content (AvgIpc) is 2.30. The standard InChI is InChI=1S/C5H8N4O3S2.Na/c1-3(10)7-4-9(2)8-5(13-4)14(6,11)12;/h1-2H3,(H2,6,11,12);/q;+1. The molecule has 15 heavy (non-hydrogen) atoms. The van der Waals surface area contributed by atoms with Gasteiger partial charge in [-0.3, -0.25) is 4.79 Å².